The lowest BCUT2D eigenvalue weighted by Gasteiger charge is -2.59. The lowest BCUT2D eigenvalue weighted by molar-refractivity contribution is -0.189. The first-order valence-electron chi connectivity index (χ1n) is 14.4. The van der Waals surface area contributed by atoms with Crippen LogP contribution < -0.4 is 4.74 Å². The second-order valence-electron chi connectivity index (χ2n) is 13.3. The van der Waals surface area contributed by atoms with Gasteiger partial charge in [-0.3, -0.25) is 9.59 Å². The highest BCUT2D eigenvalue weighted by atomic mass is 16.6. The van der Waals surface area contributed by atoms with Crippen molar-refractivity contribution >= 4 is 11.6 Å². The van der Waals surface area contributed by atoms with E-state index in [1.165, 1.54) is 7.11 Å². The quantitative estimate of drug-likeness (QED) is 0.379. The number of carbonyl (C=O) groups is 2. The Morgan fingerprint density at radius 1 is 0.951 bits per heavy atom. The molecule has 1 saturated carbocycles. The molecule has 41 heavy (non-hydrogen) atoms. The topological polar surface area (TPSA) is 102 Å². The Morgan fingerprint density at radius 3 is 2.10 bits per heavy atom. The van der Waals surface area contributed by atoms with Gasteiger partial charge in [0.25, 0.3) is 0 Å². The van der Waals surface area contributed by atoms with Crippen molar-refractivity contribution in [3.63, 3.8) is 0 Å². The summed E-state index contributed by atoms with van der Waals surface area (Å²) in [5.41, 5.74) is -1.18. The van der Waals surface area contributed by atoms with Crippen molar-refractivity contribution in [2.45, 2.75) is 103 Å². The number of aromatic hydroxyl groups is 2. The molecule has 1 saturated heterocycles. The molecule has 2 aliphatic heterocycles. The van der Waals surface area contributed by atoms with Gasteiger partial charge in [0.05, 0.1) is 5.60 Å². The van der Waals surface area contributed by atoms with Crippen LogP contribution in [-0.4, -0.2) is 51.3 Å². The van der Waals surface area contributed by atoms with E-state index in [-0.39, 0.29) is 65.4 Å². The van der Waals surface area contributed by atoms with Crippen LogP contribution in [0.4, 0.5) is 0 Å². The minimum Gasteiger partial charge on any atom is -0.507 e. The molecule has 0 unspecified atom stereocenters. The van der Waals surface area contributed by atoms with Crippen LogP contribution in [0.25, 0.3) is 0 Å². The Bertz CT molecular complexity index is 1480. The number of carbonyl (C=O) groups excluding carboxylic acids is 2. The molecule has 4 atom stereocenters. The minimum atomic E-state index is -1.54. The summed E-state index contributed by atoms with van der Waals surface area (Å²) in [6, 6.07) is 0. The van der Waals surface area contributed by atoms with Crippen molar-refractivity contribution in [3.05, 3.63) is 63.3 Å². The van der Waals surface area contributed by atoms with Gasteiger partial charge >= 0.3 is 0 Å². The number of benzene rings is 1. The van der Waals surface area contributed by atoms with E-state index in [0.29, 0.717) is 5.56 Å². The van der Waals surface area contributed by atoms with Crippen LogP contribution in [0.5, 0.6) is 17.2 Å². The molecule has 7 heteroatoms. The number of allylic oxidation sites excluding steroid dienone is 5. The Labute approximate surface area is 242 Å². The number of phenols is 2. The Kier molecular flexibility index (Phi) is 6.75. The third-order valence-corrected chi connectivity index (χ3v) is 9.32. The molecule has 1 aromatic rings. The summed E-state index contributed by atoms with van der Waals surface area (Å²) in [6.45, 7) is 15.5. The number of hydrogen-bond acceptors (Lipinski definition) is 7. The molecule has 5 aliphatic rings. The van der Waals surface area contributed by atoms with Crippen LogP contribution in [-0.2, 0) is 27.1 Å². The summed E-state index contributed by atoms with van der Waals surface area (Å²) in [5.74, 6) is -1.41. The Hall–Kier alpha value is -3.16. The van der Waals surface area contributed by atoms with E-state index in [1.54, 1.807) is 6.08 Å². The van der Waals surface area contributed by atoms with Gasteiger partial charge in [-0.1, -0.05) is 34.9 Å². The lowest BCUT2D eigenvalue weighted by Crippen LogP contribution is -2.77. The van der Waals surface area contributed by atoms with Gasteiger partial charge in [-0.2, -0.15) is 0 Å². The fourth-order valence-corrected chi connectivity index (χ4v) is 7.32. The van der Waals surface area contributed by atoms with Crippen LogP contribution in [0.2, 0.25) is 0 Å². The molecule has 0 aromatic heterocycles. The first-order chi connectivity index (χ1) is 19.1. The van der Waals surface area contributed by atoms with Gasteiger partial charge in [-0.05, 0) is 80.7 Å². The molecule has 2 fully saturated rings. The summed E-state index contributed by atoms with van der Waals surface area (Å²) in [7, 11) is 1.49. The first kappa shape index (κ1) is 29.3. The molecule has 7 nitrogen and oxygen atoms in total. The third-order valence-electron chi connectivity index (χ3n) is 9.32. The Balaban J connectivity index is 1.87. The second-order valence-corrected chi connectivity index (χ2v) is 13.3. The average Bonchev–Trinajstić information content (AvgIpc) is 3.04. The van der Waals surface area contributed by atoms with Crippen LogP contribution >= 0.6 is 0 Å². The maximum atomic E-state index is 14.7. The number of Topliss-reactive ketones (excluding diaryl/α,β-unsaturated/α-hetero) is 2. The van der Waals surface area contributed by atoms with Crippen molar-refractivity contribution in [1.82, 2.24) is 0 Å². The third kappa shape index (κ3) is 3.85. The molecule has 6 rings (SSSR count). The van der Waals surface area contributed by atoms with E-state index in [0.717, 1.165) is 16.7 Å². The van der Waals surface area contributed by atoms with Gasteiger partial charge in [-0.15, -0.1) is 0 Å². The molecule has 4 bridgehead atoms. The van der Waals surface area contributed by atoms with E-state index in [2.05, 4.69) is 0 Å². The molecular formula is C34H42O7. The largest absolute Gasteiger partial charge is 0.507 e. The van der Waals surface area contributed by atoms with E-state index in [1.807, 2.05) is 73.6 Å². The van der Waals surface area contributed by atoms with Crippen LogP contribution in [0.15, 0.2) is 46.6 Å². The van der Waals surface area contributed by atoms with Gasteiger partial charge in [0.2, 0.25) is 5.78 Å². The van der Waals surface area contributed by atoms with Crippen molar-refractivity contribution in [2.24, 2.45) is 5.92 Å². The second kappa shape index (κ2) is 9.43. The molecule has 220 valence electrons. The minimum absolute atomic E-state index is 0.00908. The van der Waals surface area contributed by atoms with Crippen LogP contribution in [0.3, 0.4) is 0 Å². The lowest BCUT2D eigenvalue weighted by atomic mass is 9.49. The summed E-state index contributed by atoms with van der Waals surface area (Å²) in [5, 5.41) is 23.1. The standard InChI is InChI=1S/C34H42O7/c1-18(2)10-12-21-26(35)22(13-11-19(3)4)29-25(27(21)36)28(37)23-16-32(39-9)17-24-31(7,8)41-33(30(32)38,15-14-20(5)6)34(23,24)40-29/h10-11,14,16,24,35-36H,12-13,15,17H2,1-9H3/t24-,32+,33+,34-/m0/s1. The number of fused-ring (bicyclic) bond motifs is 1. The van der Waals surface area contributed by atoms with E-state index in [9.17, 15) is 19.8 Å². The zero-order valence-corrected chi connectivity index (χ0v) is 25.7. The van der Waals surface area contributed by atoms with Crippen molar-refractivity contribution in [3.8, 4) is 17.2 Å². The van der Waals surface area contributed by atoms with Gasteiger partial charge in [0, 0.05) is 36.1 Å². The molecular weight excluding hydrogens is 520 g/mol. The summed E-state index contributed by atoms with van der Waals surface area (Å²) in [4.78, 5) is 29.2. The molecule has 1 aromatic carbocycles. The molecule has 0 radical (unpaired) electrons. The molecule has 0 amide bonds. The summed E-state index contributed by atoms with van der Waals surface area (Å²) >= 11 is 0. The number of phenolic OH excluding ortho intramolecular Hbond substituents is 2. The zero-order valence-electron chi connectivity index (χ0n) is 25.7. The van der Waals surface area contributed by atoms with Crippen molar-refractivity contribution in [2.75, 3.05) is 7.11 Å². The highest BCUT2D eigenvalue weighted by Gasteiger charge is 2.84. The highest BCUT2D eigenvalue weighted by Crippen LogP contribution is 2.69. The number of ketones is 2. The van der Waals surface area contributed by atoms with E-state index < -0.39 is 34.1 Å². The fraction of sp³-hybridized carbons (Fsp3) is 0.529. The van der Waals surface area contributed by atoms with Crippen molar-refractivity contribution < 1.29 is 34.0 Å². The van der Waals surface area contributed by atoms with Crippen molar-refractivity contribution in [1.29, 1.82) is 0 Å². The Morgan fingerprint density at radius 2 is 1.54 bits per heavy atom. The molecule has 1 spiro atoms. The van der Waals surface area contributed by atoms with E-state index >= 15 is 0 Å². The number of hydrogen-bond donors (Lipinski definition) is 2. The summed E-state index contributed by atoms with van der Waals surface area (Å²) < 4.78 is 19.7. The summed E-state index contributed by atoms with van der Waals surface area (Å²) in [6.07, 6.45) is 8.41. The number of methoxy groups -OCH3 is 1. The zero-order chi connectivity index (χ0) is 30.3. The predicted octanol–water partition coefficient (Wildman–Crippen LogP) is 6.25. The molecule has 2 heterocycles. The predicted molar refractivity (Wildman–Crippen MR) is 157 cm³/mol. The van der Waals surface area contributed by atoms with Gasteiger partial charge in [0.1, 0.15) is 28.4 Å². The SMILES string of the molecule is CO[C@]12C=C3C(=O)c4c(O)c(CC=C(C)C)c(O)c(CC=C(C)C)c4O[C@]34[C@@H](C1)C(C)(C)O[C@]4(CC=C(C)C)C2=O. The maximum Gasteiger partial charge on any atom is 0.205 e. The first-order valence-corrected chi connectivity index (χ1v) is 14.4. The van der Waals surface area contributed by atoms with Gasteiger partial charge < -0.3 is 24.4 Å². The van der Waals surface area contributed by atoms with E-state index in [4.69, 9.17) is 14.2 Å². The van der Waals surface area contributed by atoms with Crippen LogP contribution in [0.1, 0.15) is 89.7 Å². The monoisotopic (exact) mass is 562 g/mol. The van der Waals surface area contributed by atoms with Crippen LogP contribution in [0, 0.1) is 5.92 Å². The molecule has 2 N–H and O–H groups in total. The number of ether oxygens (including phenoxy) is 3. The number of rotatable bonds is 7. The normalized spacial score (nSPS) is 30.2. The average molecular weight is 563 g/mol. The maximum absolute atomic E-state index is 14.7. The van der Waals surface area contributed by atoms with Gasteiger partial charge in [0.15, 0.2) is 17.0 Å². The highest BCUT2D eigenvalue weighted by molar-refractivity contribution is 6.19. The smallest absolute Gasteiger partial charge is 0.205 e. The van der Waals surface area contributed by atoms with Gasteiger partial charge in [-0.25, -0.2) is 0 Å². The molecule has 3 aliphatic carbocycles. The fourth-order valence-electron chi connectivity index (χ4n) is 7.32.